The number of urea groups is 1. The average Bonchev–Trinajstić information content (AvgIpc) is 2.38. The van der Waals surface area contributed by atoms with E-state index in [0.717, 1.165) is 24.1 Å². The van der Waals surface area contributed by atoms with Crippen molar-refractivity contribution in [1.82, 2.24) is 5.32 Å². The summed E-state index contributed by atoms with van der Waals surface area (Å²) in [5.74, 6) is 0. The van der Waals surface area contributed by atoms with Crippen LogP contribution < -0.4 is 10.6 Å². The quantitative estimate of drug-likeness (QED) is 0.692. The molecule has 0 saturated heterocycles. The molecule has 4 nitrogen and oxygen atoms in total. The third-order valence-electron chi connectivity index (χ3n) is 3.05. The molecular weight excluding hydrogens is 240 g/mol. The zero-order valence-electron chi connectivity index (χ0n) is 12.0. The number of aliphatic hydroxyl groups excluding tert-OH is 1. The Morgan fingerprint density at radius 3 is 2.47 bits per heavy atom. The molecule has 0 aliphatic rings. The van der Waals surface area contributed by atoms with Crippen LogP contribution in [0.25, 0.3) is 0 Å². The fraction of sp³-hybridized carbons (Fsp3) is 0.533. The number of carbonyl (C=O) groups excluding carboxylic acids is 1. The van der Waals surface area contributed by atoms with Gasteiger partial charge in [-0.25, -0.2) is 4.79 Å². The average molecular weight is 264 g/mol. The summed E-state index contributed by atoms with van der Waals surface area (Å²) in [6.45, 7) is 6.81. The maximum Gasteiger partial charge on any atom is 0.319 e. The van der Waals surface area contributed by atoms with Gasteiger partial charge in [-0.3, -0.25) is 0 Å². The maximum absolute atomic E-state index is 11.6. The number of hydrogen-bond donors (Lipinski definition) is 3. The summed E-state index contributed by atoms with van der Waals surface area (Å²) in [5.41, 5.74) is 1.88. The number of hydrogen-bond acceptors (Lipinski definition) is 2. The number of carbonyl (C=O) groups is 1. The second-order valence-electron chi connectivity index (χ2n) is 5.67. The fourth-order valence-corrected chi connectivity index (χ4v) is 1.66. The first kappa shape index (κ1) is 15.5. The Bertz CT molecular complexity index is 399. The van der Waals surface area contributed by atoms with Crippen LogP contribution in [0.3, 0.4) is 0 Å². The van der Waals surface area contributed by atoms with Crippen LogP contribution in [0.1, 0.15) is 32.3 Å². The number of amides is 2. The van der Waals surface area contributed by atoms with Gasteiger partial charge in [0, 0.05) is 18.8 Å². The van der Waals surface area contributed by atoms with E-state index in [9.17, 15) is 4.79 Å². The summed E-state index contributed by atoms with van der Waals surface area (Å²) >= 11 is 0. The standard InChI is InChI=1S/C15H24N2O2/c1-12-5-7-13(8-6-12)17-14(19)16-10-4-9-15(2,3)11-18/h5-8,18H,4,9-11H2,1-3H3,(H2,16,17,19). The van der Waals surface area contributed by atoms with E-state index in [0.29, 0.717) is 6.54 Å². The van der Waals surface area contributed by atoms with Gasteiger partial charge < -0.3 is 15.7 Å². The Morgan fingerprint density at radius 1 is 1.26 bits per heavy atom. The van der Waals surface area contributed by atoms with E-state index >= 15 is 0 Å². The van der Waals surface area contributed by atoms with Crippen LogP contribution >= 0.6 is 0 Å². The molecule has 0 radical (unpaired) electrons. The number of nitrogens with one attached hydrogen (secondary N) is 2. The van der Waals surface area contributed by atoms with Crippen molar-refractivity contribution in [3.05, 3.63) is 29.8 Å². The second-order valence-corrected chi connectivity index (χ2v) is 5.67. The smallest absolute Gasteiger partial charge is 0.319 e. The van der Waals surface area contributed by atoms with E-state index in [1.807, 2.05) is 45.0 Å². The van der Waals surface area contributed by atoms with Crippen LogP contribution in [0, 0.1) is 12.3 Å². The number of benzene rings is 1. The normalized spacial score (nSPS) is 11.2. The van der Waals surface area contributed by atoms with Crippen molar-refractivity contribution in [3.63, 3.8) is 0 Å². The minimum atomic E-state index is -0.189. The maximum atomic E-state index is 11.6. The largest absolute Gasteiger partial charge is 0.396 e. The number of aryl methyl sites for hydroxylation is 1. The van der Waals surface area contributed by atoms with Crippen LogP contribution in [0.4, 0.5) is 10.5 Å². The lowest BCUT2D eigenvalue weighted by Gasteiger charge is -2.21. The van der Waals surface area contributed by atoms with E-state index < -0.39 is 0 Å². The number of rotatable bonds is 6. The van der Waals surface area contributed by atoms with Gasteiger partial charge >= 0.3 is 6.03 Å². The minimum Gasteiger partial charge on any atom is -0.396 e. The molecule has 1 aromatic rings. The van der Waals surface area contributed by atoms with E-state index in [4.69, 9.17) is 5.11 Å². The summed E-state index contributed by atoms with van der Waals surface area (Å²) in [6, 6.07) is 7.48. The third kappa shape index (κ3) is 6.25. The predicted molar refractivity (Wildman–Crippen MR) is 78.3 cm³/mol. The molecule has 1 rings (SSSR count). The van der Waals surface area contributed by atoms with Crippen molar-refractivity contribution in [1.29, 1.82) is 0 Å². The Morgan fingerprint density at radius 2 is 1.89 bits per heavy atom. The van der Waals surface area contributed by atoms with E-state index in [1.54, 1.807) is 0 Å². The highest BCUT2D eigenvalue weighted by atomic mass is 16.3. The van der Waals surface area contributed by atoms with Crippen LogP contribution in [0.5, 0.6) is 0 Å². The highest BCUT2D eigenvalue weighted by Crippen LogP contribution is 2.20. The summed E-state index contributed by atoms with van der Waals surface area (Å²) in [4.78, 5) is 11.6. The SMILES string of the molecule is Cc1ccc(NC(=O)NCCCC(C)(C)CO)cc1. The van der Waals surface area contributed by atoms with Gasteiger partial charge in [-0.05, 0) is 37.3 Å². The molecule has 2 amide bonds. The van der Waals surface area contributed by atoms with Crippen molar-refractivity contribution in [3.8, 4) is 0 Å². The third-order valence-corrected chi connectivity index (χ3v) is 3.05. The molecule has 0 aromatic heterocycles. The van der Waals surface area contributed by atoms with Crippen LogP contribution in [-0.2, 0) is 0 Å². The van der Waals surface area contributed by atoms with Gasteiger partial charge in [0.1, 0.15) is 0 Å². The Balaban J connectivity index is 2.23. The van der Waals surface area contributed by atoms with Gasteiger partial charge in [0.25, 0.3) is 0 Å². The van der Waals surface area contributed by atoms with Gasteiger partial charge in [0.2, 0.25) is 0 Å². The van der Waals surface area contributed by atoms with Crippen LogP contribution in [0.2, 0.25) is 0 Å². The number of aliphatic hydroxyl groups is 1. The molecule has 106 valence electrons. The first-order valence-corrected chi connectivity index (χ1v) is 6.65. The Labute approximate surface area is 115 Å². The summed E-state index contributed by atoms with van der Waals surface area (Å²) in [6.07, 6.45) is 1.74. The van der Waals surface area contributed by atoms with Crippen LogP contribution in [0.15, 0.2) is 24.3 Å². The predicted octanol–water partition coefficient (Wildman–Crippen LogP) is 2.92. The molecule has 0 bridgehead atoms. The van der Waals surface area contributed by atoms with Crippen molar-refractivity contribution in [2.45, 2.75) is 33.6 Å². The van der Waals surface area contributed by atoms with Gasteiger partial charge in [0.05, 0.1) is 0 Å². The monoisotopic (exact) mass is 264 g/mol. The summed E-state index contributed by atoms with van der Waals surface area (Å²) in [5, 5.41) is 14.7. The van der Waals surface area contributed by atoms with Crippen molar-refractivity contribution in [2.75, 3.05) is 18.5 Å². The topological polar surface area (TPSA) is 61.4 Å². The Hall–Kier alpha value is -1.55. The zero-order chi connectivity index (χ0) is 14.3. The molecule has 0 fully saturated rings. The highest BCUT2D eigenvalue weighted by Gasteiger charge is 2.15. The van der Waals surface area contributed by atoms with Gasteiger partial charge in [0.15, 0.2) is 0 Å². The van der Waals surface area contributed by atoms with Crippen molar-refractivity contribution in [2.24, 2.45) is 5.41 Å². The molecule has 0 unspecified atom stereocenters. The molecule has 19 heavy (non-hydrogen) atoms. The zero-order valence-corrected chi connectivity index (χ0v) is 12.0. The first-order valence-electron chi connectivity index (χ1n) is 6.65. The highest BCUT2D eigenvalue weighted by molar-refractivity contribution is 5.89. The van der Waals surface area contributed by atoms with E-state index in [1.165, 1.54) is 0 Å². The van der Waals surface area contributed by atoms with E-state index in [-0.39, 0.29) is 18.1 Å². The van der Waals surface area contributed by atoms with Crippen molar-refractivity contribution >= 4 is 11.7 Å². The van der Waals surface area contributed by atoms with Gasteiger partial charge in [-0.15, -0.1) is 0 Å². The molecule has 4 heteroatoms. The first-order chi connectivity index (χ1) is 8.93. The lowest BCUT2D eigenvalue weighted by molar-refractivity contribution is 0.148. The van der Waals surface area contributed by atoms with Crippen LogP contribution in [-0.4, -0.2) is 24.3 Å². The number of anilines is 1. The second kappa shape index (κ2) is 7.14. The lowest BCUT2D eigenvalue weighted by Crippen LogP contribution is -2.30. The summed E-state index contributed by atoms with van der Waals surface area (Å²) < 4.78 is 0. The molecule has 3 N–H and O–H groups in total. The molecule has 0 aliphatic carbocycles. The molecule has 1 aromatic carbocycles. The van der Waals surface area contributed by atoms with Gasteiger partial charge in [-0.1, -0.05) is 31.5 Å². The molecule has 0 heterocycles. The molecular formula is C15H24N2O2. The fourth-order valence-electron chi connectivity index (χ4n) is 1.66. The lowest BCUT2D eigenvalue weighted by atomic mass is 9.89. The minimum absolute atomic E-state index is 0.0743. The molecule has 0 atom stereocenters. The summed E-state index contributed by atoms with van der Waals surface area (Å²) in [7, 11) is 0. The van der Waals surface area contributed by atoms with E-state index in [2.05, 4.69) is 10.6 Å². The molecule has 0 saturated carbocycles. The van der Waals surface area contributed by atoms with Gasteiger partial charge in [-0.2, -0.15) is 0 Å². The molecule has 0 spiro atoms. The Kier molecular flexibility index (Phi) is 5.83. The van der Waals surface area contributed by atoms with Crippen molar-refractivity contribution < 1.29 is 9.90 Å². The molecule has 0 aliphatic heterocycles.